The Bertz CT molecular complexity index is 1230. The molecule has 1 aliphatic heterocycles. The smallest absolute Gasteiger partial charge is 1.00 e. The van der Waals surface area contributed by atoms with E-state index in [1.165, 1.54) is 47.5 Å². The Morgan fingerprint density at radius 3 is 1.57 bits per heavy atom. The Morgan fingerprint density at radius 1 is 0.778 bits per heavy atom. The molecule has 0 bridgehead atoms. The van der Waals surface area contributed by atoms with Crippen molar-refractivity contribution in [3.05, 3.63) is 72.7 Å². The van der Waals surface area contributed by atoms with Crippen LogP contribution in [-0.2, 0) is 19.5 Å². The van der Waals surface area contributed by atoms with Gasteiger partial charge in [0.25, 0.3) is 0 Å². The number of nitrogens with zero attached hydrogens (tertiary/aromatic N) is 2. The summed E-state index contributed by atoms with van der Waals surface area (Å²) in [5.74, 6) is 0.506. The molecule has 4 aliphatic carbocycles. The van der Waals surface area contributed by atoms with E-state index in [1.54, 1.807) is 77.0 Å². The maximum Gasteiger partial charge on any atom is 1.00 e. The molecule has 0 amide bonds. The third-order valence-electron chi connectivity index (χ3n) is 12.0. The van der Waals surface area contributed by atoms with E-state index in [-0.39, 0.29) is 55.1 Å². The van der Waals surface area contributed by atoms with Gasteiger partial charge in [0.1, 0.15) is 17.8 Å². The monoisotopic (exact) mass is 885 g/mol. The third kappa shape index (κ3) is 14.9. The van der Waals surface area contributed by atoms with Gasteiger partial charge >= 0.3 is 25.8 Å². The van der Waals surface area contributed by atoms with E-state index in [1.807, 2.05) is 30.7 Å². The van der Waals surface area contributed by atoms with Crippen LogP contribution in [0, 0.1) is 23.8 Å². The summed E-state index contributed by atoms with van der Waals surface area (Å²) in [6.07, 6.45) is 38.0. The Balaban J connectivity index is 0.000000444. The molecule has 2 nitrogen and oxygen atoms in total. The maximum atomic E-state index is 5.36. The summed E-state index contributed by atoms with van der Waals surface area (Å²) in [5, 5.41) is 0. The van der Waals surface area contributed by atoms with Gasteiger partial charge in [0.2, 0.25) is 0 Å². The molecule has 0 saturated heterocycles. The zero-order valence-corrected chi connectivity index (χ0v) is 39.9. The summed E-state index contributed by atoms with van der Waals surface area (Å²) in [7, 11) is 0.385. The normalized spacial score (nSPS) is 22.4. The quantitative estimate of drug-likeness (QED) is 0.114. The van der Waals surface area contributed by atoms with Crippen LogP contribution in [0.1, 0.15) is 177 Å². The molecule has 3 saturated carbocycles. The Morgan fingerprint density at radius 2 is 1.22 bits per heavy atom. The van der Waals surface area contributed by atoms with Crippen LogP contribution in [0.25, 0.3) is 0 Å². The minimum atomic E-state index is 0. The second-order valence-electron chi connectivity index (χ2n) is 18.7. The zero-order chi connectivity index (χ0) is 37.0. The Kier molecular flexibility index (Phi) is 23.7. The first kappa shape index (κ1) is 51.3. The first-order valence-electron chi connectivity index (χ1n) is 21.3. The number of para-hydroxylation sites is 1. The van der Waals surface area contributed by atoms with Crippen LogP contribution < -0.4 is 17.3 Å². The van der Waals surface area contributed by atoms with Crippen LogP contribution in [0.3, 0.4) is 0 Å². The van der Waals surface area contributed by atoms with Gasteiger partial charge in [-0.25, -0.2) is 9.48 Å². The molecular weight excluding hydrogens is 807 g/mol. The molecule has 54 heavy (non-hydrogen) atoms. The summed E-state index contributed by atoms with van der Waals surface area (Å²) in [6.45, 7) is 27.5. The molecule has 1 heterocycles. The van der Waals surface area contributed by atoms with Gasteiger partial charge < -0.3 is 12.4 Å². The average molecular weight is 886 g/mol. The molecule has 1 aromatic carbocycles. The average Bonchev–Trinajstić information content (AvgIpc) is 3.52. The fourth-order valence-electron chi connectivity index (χ4n) is 9.69. The number of rotatable bonds is 7. The van der Waals surface area contributed by atoms with Crippen LogP contribution in [0.2, 0.25) is 0 Å². The van der Waals surface area contributed by atoms with Gasteiger partial charge in [-0.15, -0.1) is 24.6 Å². The van der Waals surface area contributed by atoms with E-state index in [2.05, 4.69) is 102 Å². The fraction of sp³-hybridized carbons (Fsp3) is 0.708. The maximum absolute atomic E-state index is 5.36. The Labute approximate surface area is 361 Å². The van der Waals surface area contributed by atoms with Crippen LogP contribution in [0.5, 0.6) is 0 Å². The third-order valence-corrected chi connectivity index (χ3v) is 16.1. The van der Waals surface area contributed by atoms with Crippen molar-refractivity contribution >= 4 is 32.4 Å². The summed E-state index contributed by atoms with van der Waals surface area (Å²) in [6, 6.07) is 9.72. The summed E-state index contributed by atoms with van der Waals surface area (Å²) >= 11 is 0. The summed E-state index contributed by atoms with van der Waals surface area (Å²) in [5.41, 5.74) is 7.49. The SMILES string of the molecule is C1CCC(P(C2CCCCC2)C2CCCCC2)CC1.CCC[N+]1=[C]N(c2ccccc2C(C)C)[C@H](C(C)(C)C)[C@H]1C(C)(C)C.Cl.[CH+]=C1C=C[CH-]C=C1.[Cl-].[Ru+]. The van der Waals surface area contributed by atoms with Crippen LogP contribution in [0.4, 0.5) is 5.69 Å². The summed E-state index contributed by atoms with van der Waals surface area (Å²) in [4.78, 5) is 2.46. The van der Waals surface area contributed by atoms with Crippen molar-refractivity contribution in [2.24, 2.45) is 10.8 Å². The topological polar surface area (TPSA) is 6.25 Å². The minimum absolute atomic E-state index is 0. The largest absolute Gasteiger partial charge is 1.00 e. The van der Waals surface area contributed by atoms with E-state index in [0.717, 1.165) is 18.5 Å². The molecule has 2 radical (unpaired) electrons. The molecule has 306 valence electrons. The zero-order valence-electron chi connectivity index (χ0n) is 35.7. The minimum Gasteiger partial charge on any atom is -1.00 e. The molecule has 0 spiro atoms. The number of halogens is 2. The molecule has 6 heteroatoms. The van der Waals surface area contributed by atoms with Crippen molar-refractivity contribution in [2.45, 2.75) is 200 Å². The van der Waals surface area contributed by atoms with Crippen molar-refractivity contribution < 1.29 is 36.5 Å². The van der Waals surface area contributed by atoms with Crippen LogP contribution in [-0.4, -0.2) is 46.5 Å². The Hall–Kier alpha value is -0.677. The number of hydrogen-bond donors (Lipinski definition) is 0. The fourth-order valence-corrected chi connectivity index (χ4v) is 14.4. The number of allylic oxidation sites excluding steroid dienone is 5. The first-order chi connectivity index (χ1) is 24.3. The van der Waals surface area contributed by atoms with Crippen molar-refractivity contribution in [2.75, 3.05) is 11.4 Å². The van der Waals surface area contributed by atoms with Crippen molar-refractivity contribution in [1.29, 1.82) is 0 Å². The molecule has 3 fully saturated rings. The second kappa shape index (κ2) is 25.0. The van der Waals surface area contributed by atoms with Crippen molar-refractivity contribution in [3.63, 3.8) is 0 Å². The van der Waals surface area contributed by atoms with Gasteiger partial charge in [0.05, 0.1) is 6.54 Å². The van der Waals surface area contributed by atoms with Gasteiger partial charge in [-0.3, -0.25) is 0 Å². The molecular formula is C48H78Cl2N2PRu+. The number of hydrogen-bond acceptors (Lipinski definition) is 1. The predicted octanol–water partition coefficient (Wildman–Crippen LogP) is 11.4. The number of anilines is 1. The van der Waals surface area contributed by atoms with Crippen LogP contribution >= 0.6 is 20.3 Å². The van der Waals surface area contributed by atoms with Crippen molar-refractivity contribution in [1.82, 2.24) is 0 Å². The predicted molar refractivity (Wildman–Crippen MR) is 235 cm³/mol. The van der Waals surface area contributed by atoms with Gasteiger partial charge in [-0.1, -0.05) is 153 Å². The van der Waals surface area contributed by atoms with Gasteiger partial charge in [-0.2, -0.15) is 18.6 Å². The van der Waals surface area contributed by atoms with Gasteiger partial charge in [-0.05, 0) is 79.5 Å². The molecule has 5 aliphatic rings. The first-order valence-corrected chi connectivity index (χ1v) is 22.9. The van der Waals surface area contributed by atoms with Gasteiger partial charge in [0.15, 0.2) is 0 Å². The molecule has 1 aromatic rings. The summed E-state index contributed by atoms with van der Waals surface area (Å²) < 4.78 is 2.48. The van der Waals surface area contributed by atoms with Crippen molar-refractivity contribution in [3.8, 4) is 0 Å². The van der Waals surface area contributed by atoms with E-state index >= 15 is 0 Å². The molecule has 0 N–H and O–H groups in total. The second-order valence-corrected chi connectivity index (χ2v) is 21.8. The molecule has 6 rings (SSSR count). The van der Waals surface area contributed by atoms with E-state index in [0.29, 0.717) is 25.9 Å². The van der Waals surface area contributed by atoms with Crippen LogP contribution in [0.15, 0.2) is 54.1 Å². The molecule has 0 unspecified atom stereocenters. The van der Waals surface area contributed by atoms with Gasteiger partial charge in [0, 0.05) is 16.4 Å². The van der Waals surface area contributed by atoms with E-state index in [4.69, 9.17) is 6.58 Å². The molecule has 2 atom stereocenters. The number of benzene rings is 1. The van der Waals surface area contributed by atoms with E-state index in [9.17, 15) is 0 Å². The van der Waals surface area contributed by atoms with E-state index < -0.39 is 0 Å². The standard InChI is InChI=1S/C23H38N2.C18H33P.C7H6.2ClH.Ru/c1-10-15-24-16-25(19-14-12-11-13-18(19)17(2)3)21(23(7,8)9)20(24)22(4,5)6;1-4-10-16(11-5-1)19(17-12-6-2-7-13-17)18-14-8-3-9-15-18;1-7-5-3-2-4-6-7;;;/h11-14,17,20-21H,10,15H2,1-9H3;16-18H,1-15H2;1-6H;2*1H;/q+1;;;;;+1/p-1/t20-,21-;;;;;/m0...../s1. The molecule has 0 aromatic heterocycles.